The summed E-state index contributed by atoms with van der Waals surface area (Å²) in [5.74, 6) is 0. The van der Waals surface area contributed by atoms with Crippen molar-refractivity contribution in [3.8, 4) is 0 Å². The fraction of sp³-hybridized carbons (Fsp3) is 0.579. The fourth-order valence-corrected chi connectivity index (χ4v) is 3.86. The van der Waals surface area contributed by atoms with Crippen LogP contribution in [-0.2, 0) is 17.5 Å². The van der Waals surface area contributed by atoms with Crippen LogP contribution in [0, 0.1) is 5.41 Å². The monoisotopic (exact) mass is 282 g/mol. The number of hydrogen-bond acceptors (Lipinski definition) is 1. The molecule has 1 aliphatic carbocycles. The molecule has 0 unspecified atom stereocenters. The number of benzene rings is 1. The smallest absolute Gasteiger partial charge is 0.328 e. The Morgan fingerprint density at radius 3 is 2.48 bits per heavy atom. The average Bonchev–Trinajstić information content (AvgIpc) is 2.65. The molecule has 0 spiro atoms. The van der Waals surface area contributed by atoms with Crippen LogP contribution in [0.1, 0.15) is 57.2 Å². The second-order valence-electron chi connectivity index (χ2n) is 7.82. The molecule has 1 heterocycles. The number of fused-ring (bicyclic) bond motifs is 1. The molecule has 1 fully saturated rings. The Morgan fingerprint density at radius 2 is 1.86 bits per heavy atom. The lowest BCUT2D eigenvalue weighted by Gasteiger charge is -2.34. The maximum absolute atomic E-state index is 6.51. The van der Waals surface area contributed by atoms with Gasteiger partial charge in [-0.2, -0.15) is 0 Å². The predicted octanol–water partition coefficient (Wildman–Crippen LogP) is 4.24. The topological polar surface area (TPSA) is 9.23 Å². The van der Waals surface area contributed by atoms with Crippen LogP contribution < -0.4 is 5.46 Å². The molecule has 21 heavy (non-hydrogen) atoms. The van der Waals surface area contributed by atoms with E-state index in [4.69, 9.17) is 4.65 Å². The lowest BCUT2D eigenvalue weighted by molar-refractivity contribution is 0.0375. The summed E-state index contributed by atoms with van der Waals surface area (Å²) in [5, 5.41) is 0. The summed E-state index contributed by atoms with van der Waals surface area (Å²) in [6, 6.07) is 4.55. The fourth-order valence-electron chi connectivity index (χ4n) is 3.86. The van der Waals surface area contributed by atoms with Crippen molar-refractivity contribution in [3.05, 3.63) is 35.4 Å². The van der Waals surface area contributed by atoms with Gasteiger partial charge in [0, 0.05) is 0 Å². The zero-order chi connectivity index (χ0) is 15.3. The van der Waals surface area contributed by atoms with E-state index in [-0.39, 0.29) is 17.9 Å². The summed E-state index contributed by atoms with van der Waals surface area (Å²) in [6.45, 7) is 13.4. The van der Waals surface area contributed by atoms with Crippen LogP contribution in [0.4, 0.5) is 0 Å². The summed E-state index contributed by atoms with van der Waals surface area (Å²) in [6.07, 6.45) is 8.15. The molecular formula is C19H27BO. The zero-order valence-electron chi connectivity index (χ0n) is 14.0. The van der Waals surface area contributed by atoms with Crippen LogP contribution in [0.25, 0.3) is 6.08 Å². The first-order chi connectivity index (χ1) is 9.86. The Hall–Kier alpha value is -1.02. The molecule has 1 nitrogen and oxygen atoms in total. The Labute approximate surface area is 129 Å². The highest BCUT2D eigenvalue weighted by atomic mass is 16.5. The summed E-state index contributed by atoms with van der Waals surface area (Å²) < 4.78 is 6.51. The first-order valence-electron chi connectivity index (χ1n) is 8.31. The third kappa shape index (κ3) is 2.38. The van der Waals surface area contributed by atoms with E-state index in [0.29, 0.717) is 0 Å². The molecule has 0 radical (unpaired) electrons. The minimum Gasteiger partial charge on any atom is -0.425 e. The molecule has 2 aliphatic rings. The van der Waals surface area contributed by atoms with Crippen molar-refractivity contribution in [3.63, 3.8) is 0 Å². The minimum atomic E-state index is -0.0759. The molecule has 0 bridgehead atoms. The quantitative estimate of drug-likeness (QED) is 0.737. The molecule has 0 aromatic heterocycles. The van der Waals surface area contributed by atoms with Gasteiger partial charge in [-0.3, -0.25) is 0 Å². The zero-order valence-corrected chi connectivity index (χ0v) is 14.0. The van der Waals surface area contributed by atoms with Crippen molar-refractivity contribution < 1.29 is 4.65 Å². The maximum Gasteiger partial charge on any atom is 0.328 e. The first kappa shape index (κ1) is 14.9. The molecule has 1 aromatic carbocycles. The van der Waals surface area contributed by atoms with Crippen molar-refractivity contribution in [2.75, 3.05) is 0 Å². The number of aryl methyl sites for hydroxylation is 1. The van der Waals surface area contributed by atoms with Crippen LogP contribution in [0.2, 0.25) is 6.32 Å². The number of hydrogen-bond donors (Lipinski definition) is 0. The van der Waals surface area contributed by atoms with Gasteiger partial charge in [0.25, 0.3) is 0 Å². The molecule has 1 aliphatic heterocycles. The van der Waals surface area contributed by atoms with Crippen LogP contribution in [0.5, 0.6) is 0 Å². The summed E-state index contributed by atoms with van der Waals surface area (Å²) in [7, 11) is 0. The van der Waals surface area contributed by atoms with Crippen molar-refractivity contribution in [1.82, 2.24) is 0 Å². The van der Waals surface area contributed by atoms with Gasteiger partial charge in [0.2, 0.25) is 0 Å². The molecule has 0 saturated carbocycles. The van der Waals surface area contributed by atoms with Crippen molar-refractivity contribution in [2.24, 2.45) is 5.41 Å². The SMILES string of the molecule is C=Cc1ccc2c(c1B1CC(C)(C)C(C)(C)O1)CCCC2. The Bertz CT molecular complexity index is 555. The van der Waals surface area contributed by atoms with Crippen LogP contribution in [-0.4, -0.2) is 12.5 Å². The molecule has 0 amide bonds. The normalized spacial score (nSPS) is 23.0. The Balaban J connectivity index is 2.08. The molecule has 0 N–H and O–H groups in total. The molecule has 1 aromatic rings. The predicted molar refractivity (Wildman–Crippen MR) is 92.3 cm³/mol. The van der Waals surface area contributed by atoms with E-state index in [0.717, 1.165) is 6.32 Å². The second-order valence-corrected chi connectivity index (χ2v) is 7.82. The molecular weight excluding hydrogens is 255 g/mol. The van der Waals surface area contributed by atoms with Gasteiger partial charge in [-0.15, -0.1) is 0 Å². The lowest BCUT2D eigenvalue weighted by Crippen LogP contribution is -2.39. The van der Waals surface area contributed by atoms with E-state index >= 15 is 0 Å². The second kappa shape index (κ2) is 5.02. The third-order valence-electron chi connectivity index (χ3n) is 5.92. The highest BCUT2D eigenvalue weighted by molar-refractivity contribution is 6.69. The first-order valence-corrected chi connectivity index (χ1v) is 8.31. The standard InChI is InChI=1S/C19H27BO/c1-6-14-11-12-15-9-7-8-10-16(15)17(14)20-13-18(2,3)19(4,5)21-20/h6,11-12H,1,7-10,13H2,2-5H3. The number of rotatable bonds is 2. The van der Waals surface area contributed by atoms with Crippen molar-refractivity contribution >= 4 is 18.5 Å². The van der Waals surface area contributed by atoms with Crippen LogP contribution in [0.3, 0.4) is 0 Å². The average molecular weight is 282 g/mol. The van der Waals surface area contributed by atoms with Gasteiger partial charge in [0.1, 0.15) is 0 Å². The van der Waals surface area contributed by atoms with Crippen molar-refractivity contribution in [2.45, 2.75) is 65.3 Å². The van der Waals surface area contributed by atoms with E-state index in [1.54, 1.807) is 5.56 Å². The minimum absolute atomic E-state index is 0.0759. The van der Waals surface area contributed by atoms with Gasteiger partial charge in [0.05, 0.1) is 5.60 Å². The van der Waals surface area contributed by atoms with Crippen molar-refractivity contribution in [1.29, 1.82) is 0 Å². The molecule has 1 saturated heterocycles. The van der Waals surface area contributed by atoms with E-state index in [1.807, 2.05) is 6.08 Å². The highest BCUT2D eigenvalue weighted by Gasteiger charge is 2.50. The van der Waals surface area contributed by atoms with E-state index < -0.39 is 0 Å². The highest BCUT2D eigenvalue weighted by Crippen LogP contribution is 2.45. The van der Waals surface area contributed by atoms with E-state index in [9.17, 15) is 0 Å². The largest absolute Gasteiger partial charge is 0.425 e. The molecule has 2 heteroatoms. The van der Waals surface area contributed by atoms with Gasteiger partial charge in [-0.05, 0) is 73.4 Å². The van der Waals surface area contributed by atoms with Gasteiger partial charge in [-0.25, -0.2) is 0 Å². The molecule has 112 valence electrons. The Morgan fingerprint density at radius 1 is 1.14 bits per heavy atom. The maximum atomic E-state index is 6.51. The van der Waals surface area contributed by atoms with Gasteiger partial charge >= 0.3 is 6.92 Å². The van der Waals surface area contributed by atoms with Gasteiger partial charge in [0.15, 0.2) is 0 Å². The summed E-state index contributed by atoms with van der Waals surface area (Å²) in [4.78, 5) is 0. The lowest BCUT2D eigenvalue weighted by atomic mass is 9.51. The van der Waals surface area contributed by atoms with Gasteiger partial charge < -0.3 is 4.65 Å². The van der Waals surface area contributed by atoms with Gasteiger partial charge in [-0.1, -0.05) is 38.6 Å². The van der Waals surface area contributed by atoms with Crippen LogP contribution in [0.15, 0.2) is 18.7 Å². The third-order valence-corrected chi connectivity index (χ3v) is 5.92. The molecule has 0 atom stereocenters. The van der Waals surface area contributed by atoms with E-state index in [1.165, 1.54) is 42.3 Å². The van der Waals surface area contributed by atoms with E-state index in [2.05, 4.69) is 46.4 Å². The van der Waals surface area contributed by atoms with Crippen LogP contribution >= 0.6 is 0 Å². The summed E-state index contributed by atoms with van der Waals surface area (Å²) >= 11 is 0. The summed E-state index contributed by atoms with van der Waals surface area (Å²) in [5.41, 5.74) is 5.92. The Kier molecular flexibility index (Phi) is 3.56. The molecule has 3 rings (SSSR count).